The van der Waals surface area contributed by atoms with E-state index in [9.17, 15) is 5.11 Å². The summed E-state index contributed by atoms with van der Waals surface area (Å²) in [5, 5.41) is 10.8. The third-order valence-electron chi connectivity index (χ3n) is 4.40. The molecule has 2 heteroatoms. The van der Waals surface area contributed by atoms with Crippen molar-refractivity contribution in [2.24, 2.45) is 5.41 Å². The van der Waals surface area contributed by atoms with Crippen LogP contribution < -0.4 is 4.74 Å². The zero-order valence-electron chi connectivity index (χ0n) is 11.5. The molecular formula is C16H24O2. The van der Waals surface area contributed by atoms with Crippen molar-refractivity contribution >= 4 is 0 Å². The highest BCUT2D eigenvalue weighted by Gasteiger charge is 2.40. The Labute approximate surface area is 110 Å². The fourth-order valence-electron chi connectivity index (χ4n) is 3.22. The molecule has 2 rings (SSSR count). The van der Waals surface area contributed by atoms with Gasteiger partial charge in [0.05, 0.1) is 12.7 Å². The van der Waals surface area contributed by atoms with Crippen molar-refractivity contribution in [1.29, 1.82) is 0 Å². The Morgan fingerprint density at radius 1 is 1.22 bits per heavy atom. The molecule has 1 aliphatic rings. The van der Waals surface area contributed by atoms with Crippen LogP contribution >= 0.6 is 0 Å². The molecule has 1 aromatic carbocycles. The zero-order valence-corrected chi connectivity index (χ0v) is 11.5. The van der Waals surface area contributed by atoms with Crippen LogP contribution in [-0.2, 0) is 0 Å². The number of rotatable bonds is 5. The SMILES string of the molecule is CCOc1ccccc1C(O)C1(CC)CCCC1. The topological polar surface area (TPSA) is 29.5 Å². The smallest absolute Gasteiger partial charge is 0.125 e. The summed E-state index contributed by atoms with van der Waals surface area (Å²) in [6.07, 6.45) is 5.38. The van der Waals surface area contributed by atoms with Gasteiger partial charge in [-0.05, 0) is 32.3 Å². The van der Waals surface area contributed by atoms with Crippen molar-refractivity contribution in [1.82, 2.24) is 0 Å². The molecule has 0 aromatic heterocycles. The summed E-state index contributed by atoms with van der Waals surface area (Å²) in [6, 6.07) is 7.92. The Morgan fingerprint density at radius 3 is 2.50 bits per heavy atom. The fourth-order valence-corrected chi connectivity index (χ4v) is 3.22. The van der Waals surface area contributed by atoms with E-state index in [2.05, 4.69) is 6.92 Å². The average molecular weight is 248 g/mol. The van der Waals surface area contributed by atoms with Crippen molar-refractivity contribution in [3.05, 3.63) is 29.8 Å². The first-order valence-electron chi connectivity index (χ1n) is 7.13. The van der Waals surface area contributed by atoms with Crippen molar-refractivity contribution in [3.63, 3.8) is 0 Å². The van der Waals surface area contributed by atoms with E-state index in [4.69, 9.17) is 4.74 Å². The van der Waals surface area contributed by atoms with E-state index < -0.39 is 6.10 Å². The van der Waals surface area contributed by atoms with Gasteiger partial charge in [0.25, 0.3) is 0 Å². The van der Waals surface area contributed by atoms with Crippen LogP contribution in [0.2, 0.25) is 0 Å². The van der Waals surface area contributed by atoms with E-state index in [1.54, 1.807) is 0 Å². The number of benzene rings is 1. The number of aliphatic hydroxyl groups excluding tert-OH is 1. The second kappa shape index (κ2) is 5.75. The fraction of sp³-hybridized carbons (Fsp3) is 0.625. The lowest BCUT2D eigenvalue weighted by Crippen LogP contribution is -2.25. The van der Waals surface area contributed by atoms with Crippen LogP contribution in [0.1, 0.15) is 57.6 Å². The van der Waals surface area contributed by atoms with Gasteiger partial charge in [0, 0.05) is 11.0 Å². The molecule has 0 heterocycles. The second-order valence-electron chi connectivity index (χ2n) is 5.30. The minimum atomic E-state index is -0.396. The second-order valence-corrected chi connectivity index (χ2v) is 5.30. The molecule has 1 saturated carbocycles. The highest BCUT2D eigenvalue weighted by atomic mass is 16.5. The average Bonchev–Trinajstić information content (AvgIpc) is 2.89. The normalized spacial score (nSPS) is 19.7. The van der Waals surface area contributed by atoms with Crippen LogP contribution in [0.5, 0.6) is 5.75 Å². The molecule has 0 bridgehead atoms. The molecule has 0 spiro atoms. The monoisotopic (exact) mass is 248 g/mol. The molecule has 1 atom stereocenters. The van der Waals surface area contributed by atoms with Gasteiger partial charge in [-0.25, -0.2) is 0 Å². The van der Waals surface area contributed by atoms with Gasteiger partial charge in [0.2, 0.25) is 0 Å². The summed E-state index contributed by atoms with van der Waals surface area (Å²) in [4.78, 5) is 0. The molecule has 2 nitrogen and oxygen atoms in total. The summed E-state index contributed by atoms with van der Waals surface area (Å²) in [5.41, 5.74) is 1.02. The predicted octanol–water partition coefficient (Wildman–Crippen LogP) is 4.09. The number of aliphatic hydroxyl groups is 1. The Hall–Kier alpha value is -1.02. The Morgan fingerprint density at radius 2 is 1.89 bits per heavy atom. The van der Waals surface area contributed by atoms with E-state index >= 15 is 0 Å². The van der Waals surface area contributed by atoms with E-state index in [1.807, 2.05) is 31.2 Å². The van der Waals surface area contributed by atoms with E-state index in [1.165, 1.54) is 12.8 Å². The predicted molar refractivity (Wildman–Crippen MR) is 73.8 cm³/mol. The van der Waals surface area contributed by atoms with Gasteiger partial charge in [-0.1, -0.05) is 38.0 Å². The Bertz CT molecular complexity index is 380. The molecule has 100 valence electrons. The molecule has 0 amide bonds. The van der Waals surface area contributed by atoms with Crippen molar-refractivity contribution < 1.29 is 9.84 Å². The minimum Gasteiger partial charge on any atom is -0.493 e. The van der Waals surface area contributed by atoms with E-state index in [0.29, 0.717) is 6.61 Å². The lowest BCUT2D eigenvalue weighted by Gasteiger charge is -2.34. The van der Waals surface area contributed by atoms with Crippen LogP contribution in [0.3, 0.4) is 0 Å². The summed E-state index contributed by atoms with van der Waals surface area (Å²) in [5.74, 6) is 0.840. The highest BCUT2D eigenvalue weighted by Crippen LogP contribution is 2.51. The first kappa shape index (κ1) is 13.4. The van der Waals surface area contributed by atoms with E-state index in [0.717, 1.165) is 30.6 Å². The maximum Gasteiger partial charge on any atom is 0.125 e. The molecule has 0 saturated heterocycles. The molecule has 1 N–H and O–H groups in total. The molecule has 1 unspecified atom stereocenters. The first-order valence-corrected chi connectivity index (χ1v) is 7.13. The van der Waals surface area contributed by atoms with Crippen LogP contribution in [0.4, 0.5) is 0 Å². The Balaban J connectivity index is 2.29. The first-order chi connectivity index (χ1) is 8.73. The molecule has 0 aliphatic heterocycles. The van der Waals surface area contributed by atoms with Gasteiger partial charge in [-0.15, -0.1) is 0 Å². The van der Waals surface area contributed by atoms with Gasteiger partial charge >= 0.3 is 0 Å². The van der Waals surface area contributed by atoms with Gasteiger partial charge in [0.15, 0.2) is 0 Å². The minimum absolute atomic E-state index is 0.0627. The van der Waals surface area contributed by atoms with Gasteiger partial charge in [0.1, 0.15) is 5.75 Å². The number of ether oxygens (including phenoxy) is 1. The third-order valence-corrected chi connectivity index (χ3v) is 4.40. The van der Waals surface area contributed by atoms with Crippen molar-refractivity contribution in [2.75, 3.05) is 6.61 Å². The largest absolute Gasteiger partial charge is 0.493 e. The summed E-state index contributed by atoms with van der Waals surface area (Å²) in [6.45, 7) is 4.81. The van der Waals surface area contributed by atoms with Crippen LogP contribution in [-0.4, -0.2) is 11.7 Å². The molecule has 0 radical (unpaired) electrons. The van der Waals surface area contributed by atoms with Gasteiger partial charge in [-0.2, -0.15) is 0 Å². The lowest BCUT2D eigenvalue weighted by molar-refractivity contribution is 0.0217. The maximum absolute atomic E-state index is 10.8. The number of hydrogen-bond acceptors (Lipinski definition) is 2. The molecule has 1 aromatic rings. The van der Waals surface area contributed by atoms with Crippen LogP contribution in [0, 0.1) is 5.41 Å². The highest BCUT2D eigenvalue weighted by molar-refractivity contribution is 5.36. The maximum atomic E-state index is 10.8. The number of para-hydroxylation sites is 1. The molecule has 1 fully saturated rings. The molecular weight excluding hydrogens is 224 g/mol. The summed E-state index contributed by atoms with van der Waals surface area (Å²) >= 11 is 0. The molecule has 18 heavy (non-hydrogen) atoms. The van der Waals surface area contributed by atoms with Gasteiger partial charge < -0.3 is 9.84 Å². The van der Waals surface area contributed by atoms with E-state index in [-0.39, 0.29) is 5.41 Å². The summed E-state index contributed by atoms with van der Waals surface area (Å²) in [7, 11) is 0. The zero-order chi connectivity index (χ0) is 13.0. The van der Waals surface area contributed by atoms with Crippen LogP contribution in [0.15, 0.2) is 24.3 Å². The standard InChI is InChI=1S/C16H24O2/c1-3-16(11-7-8-12-16)15(17)13-9-5-6-10-14(13)18-4-2/h5-6,9-10,15,17H,3-4,7-8,11-12H2,1-2H3. The van der Waals surface area contributed by atoms with Crippen molar-refractivity contribution in [3.8, 4) is 5.75 Å². The quantitative estimate of drug-likeness (QED) is 0.850. The number of hydrogen-bond donors (Lipinski definition) is 1. The summed E-state index contributed by atoms with van der Waals surface area (Å²) < 4.78 is 5.65. The lowest BCUT2D eigenvalue weighted by atomic mass is 9.75. The molecule has 1 aliphatic carbocycles. The third kappa shape index (κ3) is 2.39. The Kier molecular flexibility index (Phi) is 4.28. The van der Waals surface area contributed by atoms with Gasteiger partial charge in [-0.3, -0.25) is 0 Å². The van der Waals surface area contributed by atoms with Crippen LogP contribution in [0.25, 0.3) is 0 Å². The van der Waals surface area contributed by atoms with Crippen molar-refractivity contribution in [2.45, 2.75) is 52.1 Å².